The van der Waals surface area contributed by atoms with Gasteiger partial charge in [-0.2, -0.15) is 4.98 Å². The van der Waals surface area contributed by atoms with Gasteiger partial charge in [0.05, 0.1) is 6.04 Å². The summed E-state index contributed by atoms with van der Waals surface area (Å²) in [5.41, 5.74) is 7.13. The van der Waals surface area contributed by atoms with E-state index in [1.807, 2.05) is 45.0 Å². The van der Waals surface area contributed by atoms with Crippen molar-refractivity contribution in [3.8, 4) is 0 Å². The number of aryl methyl sites for hydroxylation is 1. The predicted molar refractivity (Wildman–Crippen MR) is 114 cm³/mol. The molecule has 1 aromatic carbocycles. The third kappa shape index (κ3) is 5.89. The first-order chi connectivity index (χ1) is 14.2. The Morgan fingerprint density at radius 1 is 1.33 bits per heavy atom. The molecule has 8 heteroatoms. The zero-order chi connectivity index (χ0) is 21.7. The lowest BCUT2D eigenvalue weighted by atomic mass is 9.96. The van der Waals surface area contributed by atoms with Crippen LogP contribution in [0.1, 0.15) is 63.7 Å². The molecule has 30 heavy (non-hydrogen) atoms. The Morgan fingerprint density at radius 2 is 2.13 bits per heavy atom. The van der Waals surface area contributed by atoms with E-state index in [4.69, 9.17) is 10.3 Å². The number of carbonyl (C=O) groups is 2. The fraction of sp³-hybridized carbons (Fsp3) is 0.545. The molecule has 0 saturated carbocycles. The van der Waals surface area contributed by atoms with Gasteiger partial charge in [-0.3, -0.25) is 14.5 Å². The van der Waals surface area contributed by atoms with Crippen LogP contribution in [-0.4, -0.2) is 39.4 Å². The molecule has 0 aliphatic carbocycles. The van der Waals surface area contributed by atoms with Gasteiger partial charge in [0.15, 0.2) is 5.82 Å². The molecule has 1 saturated heterocycles. The van der Waals surface area contributed by atoms with Gasteiger partial charge in [-0.1, -0.05) is 38.1 Å². The van der Waals surface area contributed by atoms with Crippen LogP contribution in [0.2, 0.25) is 0 Å². The van der Waals surface area contributed by atoms with E-state index in [1.54, 1.807) is 0 Å². The number of nitrogens with one attached hydrogen (secondary N) is 1. The van der Waals surface area contributed by atoms with Crippen molar-refractivity contribution in [2.45, 2.75) is 70.9 Å². The smallest absolute Gasteiger partial charge is 0.234 e. The number of likely N-dealkylation sites (tertiary alicyclic amines) is 1. The molecule has 0 radical (unpaired) electrons. The van der Waals surface area contributed by atoms with Gasteiger partial charge in [0.1, 0.15) is 0 Å². The predicted octanol–water partition coefficient (Wildman–Crippen LogP) is 2.78. The Morgan fingerprint density at radius 3 is 2.83 bits per heavy atom. The molecule has 0 bridgehead atoms. The minimum atomic E-state index is -0.271. The number of benzene rings is 1. The van der Waals surface area contributed by atoms with Crippen LogP contribution in [0.3, 0.4) is 0 Å². The van der Waals surface area contributed by atoms with E-state index in [0.717, 1.165) is 30.6 Å². The van der Waals surface area contributed by atoms with Crippen LogP contribution in [0.25, 0.3) is 0 Å². The normalized spacial score (nSPS) is 17.2. The Kier molecular flexibility index (Phi) is 6.87. The average molecular weight is 414 g/mol. The summed E-state index contributed by atoms with van der Waals surface area (Å²) in [6.45, 7) is 7.59. The maximum absolute atomic E-state index is 12.3. The zero-order valence-electron chi connectivity index (χ0n) is 18.0. The topological polar surface area (TPSA) is 114 Å². The van der Waals surface area contributed by atoms with E-state index in [9.17, 15) is 9.59 Å². The highest BCUT2D eigenvalue weighted by molar-refractivity contribution is 5.90. The lowest BCUT2D eigenvalue weighted by Gasteiger charge is -2.22. The lowest BCUT2D eigenvalue weighted by molar-refractivity contribution is -0.122. The zero-order valence-corrected chi connectivity index (χ0v) is 18.0. The van der Waals surface area contributed by atoms with Crippen molar-refractivity contribution >= 4 is 17.5 Å². The molecule has 1 aliphatic rings. The van der Waals surface area contributed by atoms with Crippen LogP contribution < -0.4 is 11.1 Å². The van der Waals surface area contributed by atoms with E-state index in [2.05, 4.69) is 20.4 Å². The van der Waals surface area contributed by atoms with E-state index in [-0.39, 0.29) is 23.3 Å². The second-order valence-electron chi connectivity index (χ2n) is 8.89. The van der Waals surface area contributed by atoms with E-state index < -0.39 is 0 Å². The van der Waals surface area contributed by atoms with Gasteiger partial charge in [-0.15, -0.1) is 0 Å². The largest absolute Gasteiger partial charge is 0.368 e. The SMILES string of the molecule is CC(C)(C)c1noc(CCCC(=O)Nc2cccc(CN3CCCC3C(N)=O)c2)n1. The second kappa shape index (κ2) is 9.38. The molecule has 1 aromatic heterocycles. The Hall–Kier alpha value is -2.74. The maximum atomic E-state index is 12.3. The van der Waals surface area contributed by atoms with Gasteiger partial charge in [-0.05, 0) is 43.5 Å². The number of carbonyl (C=O) groups excluding carboxylic acids is 2. The highest BCUT2D eigenvalue weighted by Crippen LogP contribution is 2.22. The summed E-state index contributed by atoms with van der Waals surface area (Å²) in [4.78, 5) is 30.4. The minimum absolute atomic E-state index is 0.0566. The standard InChI is InChI=1S/C22H31N5O3/c1-22(2,3)21-25-19(30-26-21)11-5-10-18(28)24-16-8-4-7-15(13-16)14-27-12-6-9-17(27)20(23)29/h4,7-8,13,17H,5-6,9-12,14H2,1-3H3,(H2,23,29)(H,24,28). The number of nitrogens with two attached hydrogens (primary N) is 1. The van der Waals surface area contributed by atoms with Gasteiger partial charge in [0.2, 0.25) is 17.7 Å². The molecule has 8 nitrogen and oxygen atoms in total. The van der Waals surface area contributed by atoms with Crippen molar-refractivity contribution in [3.05, 3.63) is 41.5 Å². The van der Waals surface area contributed by atoms with Gasteiger partial charge < -0.3 is 15.6 Å². The summed E-state index contributed by atoms with van der Waals surface area (Å²) in [5.74, 6) is 0.909. The van der Waals surface area contributed by atoms with Gasteiger partial charge in [-0.25, -0.2) is 0 Å². The molecule has 1 atom stereocenters. The third-order valence-electron chi connectivity index (χ3n) is 5.22. The van der Waals surface area contributed by atoms with Gasteiger partial charge >= 0.3 is 0 Å². The fourth-order valence-corrected chi connectivity index (χ4v) is 3.60. The Bertz CT molecular complexity index is 887. The van der Waals surface area contributed by atoms with Crippen LogP contribution in [0.5, 0.6) is 0 Å². The molecule has 1 unspecified atom stereocenters. The highest BCUT2D eigenvalue weighted by atomic mass is 16.5. The van der Waals surface area contributed by atoms with Crippen LogP contribution in [0.15, 0.2) is 28.8 Å². The third-order valence-corrected chi connectivity index (χ3v) is 5.22. The van der Waals surface area contributed by atoms with Crippen molar-refractivity contribution in [1.29, 1.82) is 0 Å². The fourth-order valence-electron chi connectivity index (χ4n) is 3.60. The summed E-state index contributed by atoms with van der Waals surface area (Å²) in [5, 5.41) is 6.94. The molecule has 162 valence electrons. The number of nitrogens with zero attached hydrogens (tertiary/aromatic N) is 3. The van der Waals surface area contributed by atoms with E-state index in [0.29, 0.717) is 37.5 Å². The number of hydrogen-bond donors (Lipinski definition) is 2. The summed E-state index contributed by atoms with van der Waals surface area (Å²) < 4.78 is 5.27. The molecule has 2 aromatic rings. The molecule has 1 fully saturated rings. The molecule has 0 spiro atoms. The number of amides is 2. The average Bonchev–Trinajstić information content (AvgIpc) is 3.31. The van der Waals surface area contributed by atoms with E-state index >= 15 is 0 Å². The van der Waals surface area contributed by atoms with Crippen molar-refractivity contribution < 1.29 is 14.1 Å². The lowest BCUT2D eigenvalue weighted by Crippen LogP contribution is -2.39. The van der Waals surface area contributed by atoms with Crippen molar-refractivity contribution in [3.63, 3.8) is 0 Å². The Labute approximate surface area is 177 Å². The number of aromatic nitrogens is 2. The molecular weight excluding hydrogens is 382 g/mol. The molecule has 2 amide bonds. The molecule has 3 N–H and O–H groups in total. The number of rotatable bonds is 8. The van der Waals surface area contributed by atoms with Gasteiger partial charge in [0.25, 0.3) is 0 Å². The van der Waals surface area contributed by atoms with Crippen LogP contribution in [0.4, 0.5) is 5.69 Å². The maximum Gasteiger partial charge on any atom is 0.234 e. The molecule has 3 rings (SSSR count). The summed E-state index contributed by atoms with van der Waals surface area (Å²) in [6.07, 6.45) is 3.35. The summed E-state index contributed by atoms with van der Waals surface area (Å²) >= 11 is 0. The van der Waals surface area contributed by atoms with Crippen molar-refractivity contribution in [2.75, 3.05) is 11.9 Å². The monoisotopic (exact) mass is 413 g/mol. The first-order valence-corrected chi connectivity index (χ1v) is 10.5. The Balaban J connectivity index is 1.48. The van der Waals surface area contributed by atoms with E-state index in [1.165, 1.54) is 0 Å². The second-order valence-corrected chi connectivity index (χ2v) is 8.89. The van der Waals surface area contributed by atoms with Crippen LogP contribution in [-0.2, 0) is 28.0 Å². The first kappa shape index (κ1) is 22.0. The first-order valence-electron chi connectivity index (χ1n) is 10.5. The van der Waals surface area contributed by atoms with Crippen LogP contribution in [0, 0.1) is 0 Å². The molecule has 2 heterocycles. The minimum Gasteiger partial charge on any atom is -0.368 e. The van der Waals surface area contributed by atoms with Crippen LogP contribution >= 0.6 is 0 Å². The quantitative estimate of drug-likeness (QED) is 0.688. The number of anilines is 1. The molecular formula is C22H31N5O3. The van der Waals surface area contributed by atoms with Gasteiger partial charge in [0, 0.05) is 30.5 Å². The summed E-state index contributed by atoms with van der Waals surface area (Å²) in [7, 11) is 0. The van der Waals surface area contributed by atoms with Crippen molar-refractivity contribution in [1.82, 2.24) is 15.0 Å². The van der Waals surface area contributed by atoms with Crippen molar-refractivity contribution in [2.24, 2.45) is 5.73 Å². The number of hydrogen-bond acceptors (Lipinski definition) is 6. The summed E-state index contributed by atoms with van der Waals surface area (Å²) in [6, 6.07) is 7.51. The number of primary amides is 1. The molecule has 1 aliphatic heterocycles. The highest BCUT2D eigenvalue weighted by Gasteiger charge is 2.28.